The van der Waals surface area contributed by atoms with Crippen molar-refractivity contribution in [1.29, 1.82) is 0 Å². The van der Waals surface area contributed by atoms with Crippen LogP contribution in [0.3, 0.4) is 0 Å². The largest absolute Gasteiger partial charge is 0.296 e. The fraction of sp³-hybridized carbons (Fsp3) is 0.0909. The van der Waals surface area contributed by atoms with E-state index in [9.17, 15) is 10.1 Å². The van der Waals surface area contributed by atoms with Crippen molar-refractivity contribution in [2.75, 3.05) is 5.43 Å². The Morgan fingerprint density at radius 2 is 1.94 bits per heavy atom. The summed E-state index contributed by atoms with van der Waals surface area (Å²) in [6, 6.07) is 8.88. The molecule has 5 nitrogen and oxygen atoms in total. The molecule has 1 N–H and O–H groups in total. The molecule has 1 aromatic carbocycles. The van der Waals surface area contributed by atoms with Gasteiger partial charge in [0, 0.05) is 18.0 Å². The highest BCUT2D eigenvalue weighted by Crippen LogP contribution is 2.27. The van der Waals surface area contributed by atoms with Gasteiger partial charge in [-0.25, -0.2) is 0 Å². The molecule has 0 atom stereocenters. The van der Waals surface area contributed by atoms with Gasteiger partial charge in [-0.3, -0.25) is 20.2 Å². The van der Waals surface area contributed by atoms with E-state index >= 15 is 0 Å². The molecule has 2 aromatic rings. The van der Waals surface area contributed by atoms with Crippen molar-refractivity contribution in [2.45, 2.75) is 6.92 Å². The second kappa shape index (κ2) is 4.06. The van der Waals surface area contributed by atoms with Gasteiger partial charge in [-0.05, 0) is 25.1 Å². The van der Waals surface area contributed by atoms with Gasteiger partial charge in [-0.15, -0.1) is 0 Å². The Morgan fingerprint density at radius 1 is 1.25 bits per heavy atom. The number of nitro groups is 1. The molecule has 0 aliphatic rings. The van der Waals surface area contributed by atoms with Crippen molar-refractivity contribution in [3.8, 4) is 0 Å². The molecule has 1 heterocycles. The first-order valence-corrected chi connectivity index (χ1v) is 4.82. The van der Waals surface area contributed by atoms with Crippen LogP contribution in [0, 0.1) is 17.0 Å². The Morgan fingerprint density at radius 3 is 2.56 bits per heavy atom. The first-order chi connectivity index (χ1) is 7.68. The third kappa shape index (κ3) is 1.88. The van der Waals surface area contributed by atoms with Crippen molar-refractivity contribution in [3.63, 3.8) is 0 Å². The van der Waals surface area contributed by atoms with Crippen LogP contribution in [0.5, 0.6) is 0 Å². The van der Waals surface area contributed by atoms with Crippen LogP contribution in [-0.4, -0.2) is 9.60 Å². The summed E-state index contributed by atoms with van der Waals surface area (Å²) in [5.41, 5.74) is 4.19. The summed E-state index contributed by atoms with van der Waals surface area (Å²) in [6.07, 6.45) is 3.57. The molecule has 0 unspecified atom stereocenters. The molecule has 0 fully saturated rings. The maximum Gasteiger partial charge on any atom is 0.296 e. The van der Waals surface area contributed by atoms with E-state index in [-0.39, 0.29) is 10.6 Å². The zero-order valence-electron chi connectivity index (χ0n) is 8.75. The van der Waals surface area contributed by atoms with Crippen LogP contribution < -0.4 is 5.43 Å². The molecule has 0 aliphatic carbocycles. The quantitative estimate of drug-likeness (QED) is 0.635. The average molecular weight is 217 g/mol. The number of aromatic nitrogens is 1. The molecule has 0 bridgehead atoms. The van der Waals surface area contributed by atoms with Gasteiger partial charge in [-0.2, -0.15) is 0 Å². The molecule has 5 heteroatoms. The van der Waals surface area contributed by atoms with Crippen molar-refractivity contribution < 1.29 is 4.92 Å². The monoisotopic (exact) mass is 217 g/mol. The molecule has 0 aliphatic heterocycles. The van der Waals surface area contributed by atoms with Crippen LogP contribution in [0.4, 0.5) is 11.4 Å². The number of benzene rings is 1. The first kappa shape index (κ1) is 10.2. The fourth-order valence-electron chi connectivity index (χ4n) is 1.54. The lowest BCUT2D eigenvalue weighted by molar-refractivity contribution is -0.384. The highest BCUT2D eigenvalue weighted by Gasteiger charge is 2.16. The predicted molar refractivity (Wildman–Crippen MR) is 61.3 cm³/mol. The van der Waals surface area contributed by atoms with E-state index in [2.05, 4.69) is 5.43 Å². The summed E-state index contributed by atoms with van der Waals surface area (Å²) >= 11 is 0. The molecule has 0 saturated heterocycles. The average Bonchev–Trinajstić information content (AvgIpc) is 2.70. The minimum Gasteiger partial charge on any atom is -0.288 e. The van der Waals surface area contributed by atoms with Gasteiger partial charge >= 0.3 is 0 Å². The van der Waals surface area contributed by atoms with E-state index in [0.29, 0.717) is 11.3 Å². The van der Waals surface area contributed by atoms with Gasteiger partial charge in [0.05, 0.1) is 4.92 Å². The number of para-hydroxylation sites is 1. The molecule has 0 spiro atoms. The number of nitro benzene ring substituents is 1. The molecule has 0 radical (unpaired) electrons. The smallest absolute Gasteiger partial charge is 0.288 e. The normalized spacial score (nSPS) is 10.1. The Hall–Kier alpha value is -2.30. The number of nitrogens with zero attached hydrogens (tertiary/aromatic N) is 2. The van der Waals surface area contributed by atoms with Crippen LogP contribution in [0.2, 0.25) is 0 Å². The minimum absolute atomic E-state index is 0.108. The van der Waals surface area contributed by atoms with Gasteiger partial charge in [0.25, 0.3) is 5.69 Å². The zero-order chi connectivity index (χ0) is 11.5. The SMILES string of the molecule is Cc1cccc(Nn2cccc2)c1[N+](=O)[O-]. The minimum atomic E-state index is -0.374. The van der Waals surface area contributed by atoms with Crippen LogP contribution in [0.25, 0.3) is 0 Å². The van der Waals surface area contributed by atoms with E-state index in [4.69, 9.17) is 0 Å². The van der Waals surface area contributed by atoms with Crippen LogP contribution in [0.15, 0.2) is 42.7 Å². The molecule has 1 aromatic heterocycles. The van der Waals surface area contributed by atoms with Gasteiger partial charge in [0.1, 0.15) is 5.69 Å². The summed E-state index contributed by atoms with van der Waals surface area (Å²) < 4.78 is 1.67. The van der Waals surface area contributed by atoms with Gasteiger partial charge in [0.15, 0.2) is 0 Å². The summed E-state index contributed by atoms with van der Waals surface area (Å²) in [6.45, 7) is 1.72. The first-order valence-electron chi connectivity index (χ1n) is 4.82. The number of hydrogen-bond acceptors (Lipinski definition) is 3. The van der Waals surface area contributed by atoms with Crippen LogP contribution in [-0.2, 0) is 0 Å². The summed E-state index contributed by atoms with van der Waals surface area (Å²) in [5, 5.41) is 10.9. The van der Waals surface area contributed by atoms with Crippen molar-refractivity contribution in [3.05, 3.63) is 58.4 Å². The molecule has 16 heavy (non-hydrogen) atoms. The predicted octanol–water partition coefficient (Wildman–Crippen LogP) is 2.58. The van der Waals surface area contributed by atoms with Crippen LogP contribution in [0.1, 0.15) is 5.56 Å². The number of hydrogen-bond donors (Lipinski definition) is 1. The van der Waals surface area contributed by atoms with Gasteiger partial charge in [-0.1, -0.05) is 12.1 Å². The van der Waals surface area contributed by atoms with Crippen molar-refractivity contribution in [2.24, 2.45) is 0 Å². The summed E-state index contributed by atoms with van der Waals surface area (Å²) in [4.78, 5) is 10.6. The lowest BCUT2D eigenvalue weighted by atomic mass is 10.2. The number of anilines is 1. The molecular formula is C11H11N3O2. The highest BCUT2D eigenvalue weighted by atomic mass is 16.6. The fourth-order valence-corrected chi connectivity index (χ4v) is 1.54. The molecular weight excluding hydrogens is 206 g/mol. The maximum absolute atomic E-state index is 10.9. The third-order valence-electron chi connectivity index (χ3n) is 2.27. The standard InChI is InChI=1S/C11H11N3O2/c1-9-5-4-6-10(11(9)14(15)16)12-13-7-2-3-8-13/h2-8,12H,1H3. The van der Waals surface area contributed by atoms with Gasteiger partial charge < -0.3 is 0 Å². The lowest BCUT2D eigenvalue weighted by Gasteiger charge is -2.08. The van der Waals surface area contributed by atoms with Gasteiger partial charge in [0.2, 0.25) is 0 Å². The second-order valence-electron chi connectivity index (χ2n) is 3.43. The molecule has 2 rings (SSSR count). The second-order valence-corrected chi connectivity index (χ2v) is 3.43. The number of aryl methyl sites for hydroxylation is 1. The topological polar surface area (TPSA) is 60.1 Å². The summed E-state index contributed by atoms with van der Waals surface area (Å²) in [7, 11) is 0. The Labute approximate surface area is 92.4 Å². The molecule has 0 amide bonds. The Balaban J connectivity index is 2.40. The lowest BCUT2D eigenvalue weighted by Crippen LogP contribution is -2.08. The Kier molecular flexibility index (Phi) is 2.59. The Bertz CT molecular complexity index is 506. The van der Waals surface area contributed by atoms with E-state index in [1.807, 2.05) is 12.1 Å². The van der Waals surface area contributed by atoms with E-state index < -0.39 is 0 Å². The maximum atomic E-state index is 10.9. The van der Waals surface area contributed by atoms with Crippen molar-refractivity contribution >= 4 is 11.4 Å². The number of nitrogens with one attached hydrogen (secondary N) is 1. The van der Waals surface area contributed by atoms with E-state index in [0.717, 1.165) is 0 Å². The number of rotatable bonds is 3. The third-order valence-corrected chi connectivity index (χ3v) is 2.27. The summed E-state index contributed by atoms with van der Waals surface area (Å²) in [5.74, 6) is 0. The van der Waals surface area contributed by atoms with E-state index in [1.54, 1.807) is 42.2 Å². The molecule has 82 valence electrons. The van der Waals surface area contributed by atoms with E-state index in [1.165, 1.54) is 0 Å². The van der Waals surface area contributed by atoms with Crippen molar-refractivity contribution in [1.82, 2.24) is 4.68 Å². The van der Waals surface area contributed by atoms with Crippen LogP contribution >= 0.6 is 0 Å². The molecule has 0 saturated carbocycles. The highest BCUT2D eigenvalue weighted by molar-refractivity contribution is 5.64. The zero-order valence-corrected chi connectivity index (χ0v) is 8.75.